The van der Waals surface area contributed by atoms with Crippen LogP contribution >= 0.6 is 0 Å². The van der Waals surface area contributed by atoms with Gasteiger partial charge in [0, 0.05) is 41.8 Å². The van der Waals surface area contributed by atoms with Crippen LogP contribution in [0.15, 0.2) is 36.5 Å². The molecule has 1 N–H and O–H groups in total. The molecule has 0 aliphatic carbocycles. The first-order chi connectivity index (χ1) is 14.0. The molecule has 29 heavy (non-hydrogen) atoms. The molecule has 3 rings (SSSR count). The maximum atomic E-state index is 14.1. The van der Waals surface area contributed by atoms with Crippen LogP contribution < -0.4 is 4.74 Å². The van der Waals surface area contributed by atoms with Crippen LogP contribution in [0.5, 0.6) is 5.75 Å². The van der Waals surface area contributed by atoms with Gasteiger partial charge in [0.15, 0.2) is 5.78 Å². The second-order valence-corrected chi connectivity index (χ2v) is 7.04. The van der Waals surface area contributed by atoms with Crippen molar-refractivity contribution < 1.29 is 23.0 Å². The molecule has 0 saturated heterocycles. The van der Waals surface area contributed by atoms with Gasteiger partial charge in [0.05, 0.1) is 12.1 Å². The van der Waals surface area contributed by atoms with Crippen molar-refractivity contribution in [2.75, 3.05) is 19.8 Å². The zero-order chi connectivity index (χ0) is 20.8. The summed E-state index contributed by atoms with van der Waals surface area (Å²) in [5.41, 5.74) is 2.02. The van der Waals surface area contributed by atoms with Gasteiger partial charge < -0.3 is 14.5 Å². The standard InChI is InChI=1S/C23H25F2NO3/c1-3-4-7-28-8-9-29-22-13-17(24)6-5-16(22)12-21(27)19-14-26-23-18(19)10-15(2)11-20(23)25/h5-6,10-11,13-14,26H,3-4,7-9,12H2,1-2H3. The van der Waals surface area contributed by atoms with E-state index in [0.29, 0.717) is 41.0 Å². The first-order valence-corrected chi connectivity index (χ1v) is 9.79. The SMILES string of the molecule is CCCCOCCOc1cc(F)ccc1CC(=O)c1c[nH]c2c(F)cc(C)cc12. The summed E-state index contributed by atoms with van der Waals surface area (Å²) in [6.45, 7) is 5.18. The number of hydrogen-bond acceptors (Lipinski definition) is 3. The maximum Gasteiger partial charge on any atom is 0.169 e. The number of aryl methyl sites for hydroxylation is 1. The van der Waals surface area contributed by atoms with Crippen molar-refractivity contribution in [3.63, 3.8) is 0 Å². The molecule has 0 fully saturated rings. The minimum absolute atomic E-state index is 0.0226. The van der Waals surface area contributed by atoms with E-state index in [1.165, 1.54) is 24.4 Å². The second kappa shape index (κ2) is 9.65. The van der Waals surface area contributed by atoms with Crippen LogP contribution in [0.25, 0.3) is 10.9 Å². The normalized spacial score (nSPS) is 11.2. The number of benzene rings is 2. The highest BCUT2D eigenvalue weighted by atomic mass is 19.1. The fraction of sp³-hybridized carbons (Fsp3) is 0.348. The van der Waals surface area contributed by atoms with Crippen molar-refractivity contribution in [2.45, 2.75) is 33.1 Å². The second-order valence-electron chi connectivity index (χ2n) is 7.04. The lowest BCUT2D eigenvalue weighted by Gasteiger charge is -2.12. The largest absolute Gasteiger partial charge is 0.491 e. The lowest BCUT2D eigenvalue weighted by atomic mass is 10.0. The molecule has 0 bridgehead atoms. The Kier molecular flexibility index (Phi) is 6.99. The van der Waals surface area contributed by atoms with Crippen molar-refractivity contribution in [1.82, 2.24) is 4.98 Å². The highest BCUT2D eigenvalue weighted by Crippen LogP contribution is 2.26. The van der Waals surface area contributed by atoms with Gasteiger partial charge in [-0.2, -0.15) is 0 Å². The van der Waals surface area contributed by atoms with E-state index in [9.17, 15) is 13.6 Å². The number of aromatic nitrogens is 1. The van der Waals surface area contributed by atoms with Crippen molar-refractivity contribution >= 4 is 16.7 Å². The Morgan fingerprint density at radius 2 is 1.93 bits per heavy atom. The highest BCUT2D eigenvalue weighted by Gasteiger charge is 2.17. The molecule has 1 aromatic heterocycles. The van der Waals surface area contributed by atoms with Gasteiger partial charge in [0.25, 0.3) is 0 Å². The number of fused-ring (bicyclic) bond motifs is 1. The molecule has 0 aliphatic heterocycles. The number of ether oxygens (including phenoxy) is 2. The summed E-state index contributed by atoms with van der Waals surface area (Å²) in [7, 11) is 0. The average Bonchev–Trinajstić information content (AvgIpc) is 3.10. The summed E-state index contributed by atoms with van der Waals surface area (Å²) in [5.74, 6) is -0.711. The van der Waals surface area contributed by atoms with Gasteiger partial charge in [-0.1, -0.05) is 19.4 Å². The van der Waals surface area contributed by atoms with E-state index in [1.54, 1.807) is 19.1 Å². The van der Waals surface area contributed by atoms with Gasteiger partial charge in [0.1, 0.15) is 24.0 Å². The van der Waals surface area contributed by atoms with Crippen LogP contribution in [-0.4, -0.2) is 30.6 Å². The third-order valence-corrected chi connectivity index (χ3v) is 4.69. The topological polar surface area (TPSA) is 51.3 Å². The van der Waals surface area contributed by atoms with Gasteiger partial charge in [-0.25, -0.2) is 8.78 Å². The van der Waals surface area contributed by atoms with E-state index in [-0.39, 0.29) is 18.8 Å². The Bertz CT molecular complexity index is 997. The summed E-state index contributed by atoms with van der Waals surface area (Å²) < 4.78 is 38.9. The van der Waals surface area contributed by atoms with Crippen molar-refractivity contribution in [3.05, 3.63) is 64.9 Å². The Balaban J connectivity index is 1.73. The molecule has 0 aliphatic rings. The number of nitrogens with one attached hydrogen (secondary N) is 1. The number of H-pyrrole nitrogens is 1. The molecule has 0 radical (unpaired) electrons. The summed E-state index contributed by atoms with van der Waals surface area (Å²) in [6, 6.07) is 7.31. The quantitative estimate of drug-likeness (QED) is 0.367. The smallest absolute Gasteiger partial charge is 0.169 e. The molecule has 0 amide bonds. The Labute approximate surface area is 168 Å². The Morgan fingerprint density at radius 1 is 1.10 bits per heavy atom. The maximum absolute atomic E-state index is 14.1. The molecule has 2 aromatic carbocycles. The van der Waals surface area contributed by atoms with E-state index >= 15 is 0 Å². The number of aromatic amines is 1. The van der Waals surface area contributed by atoms with Gasteiger partial charge in [0.2, 0.25) is 0 Å². The lowest BCUT2D eigenvalue weighted by molar-refractivity contribution is 0.0963. The predicted molar refractivity (Wildman–Crippen MR) is 109 cm³/mol. The Hall–Kier alpha value is -2.73. The lowest BCUT2D eigenvalue weighted by Crippen LogP contribution is -2.10. The van der Waals surface area contributed by atoms with Crippen molar-refractivity contribution in [1.29, 1.82) is 0 Å². The number of Topliss-reactive ketones (excluding diaryl/α,β-unsaturated/α-hetero) is 1. The molecule has 3 aromatic rings. The molecule has 6 heteroatoms. The first kappa shape index (κ1) is 21.0. The Morgan fingerprint density at radius 3 is 2.72 bits per heavy atom. The molecule has 1 heterocycles. The van der Waals surface area contributed by atoms with Crippen LogP contribution in [0.3, 0.4) is 0 Å². The first-order valence-electron chi connectivity index (χ1n) is 9.79. The third kappa shape index (κ3) is 5.21. The minimum atomic E-state index is -0.437. The molecular formula is C23H25F2NO3. The molecule has 4 nitrogen and oxygen atoms in total. The van der Waals surface area contributed by atoms with Gasteiger partial charge in [-0.15, -0.1) is 0 Å². The number of carbonyl (C=O) groups excluding carboxylic acids is 1. The van der Waals surface area contributed by atoms with Crippen LogP contribution in [0, 0.1) is 18.6 Å². The van der Waals surface area contributed by atoms with Crippen LogP contribution in [0.1, 0.15) is 41.3 Å². The molecule has 154 valence electrons. The summed E-state index contributed by atoms with van der Waals surface area (Å²) in [4.78, 5) is 15.7. The van der Waals surface area contributed by atoms with E-state index < -0.39 is 11.6 Å². The minimum Gasteiger partial charge on any atom is -0.491 e. The molecule has 0 spiro atoms. The van der Waals surface area contributed by atoms with Gasteiger partial charge >= 0.3 is 0 Å². The molecule has 0 unspecified atom stereocenters. The monoisotopic (exact) mass is 401 g/mol. The number of halogens is 2. The average molecular weight is 401 g/mol. The summed E-state index contributed by atoms with van der Waals surface area (Å²) >= 11 is 0. The number of ketones is 1. The molecule has 0 atom stereocenters. The number of rotatable bonds is 10. The summed E-state index contributed by atoms with van der Waals surface area (Å²) in [5, 5.41) is 0.543. The highest BCUT2D eigenvalue weighted by molar-refractivity contribution is 6.09. The third-order valence-electron chi connectivity index (χ3n) is 4.69. The van der Waals surface area contributed by atoms with Gasteiger partial charge in [-0.3, -0.25) is 4.79 Å². The van der Waals surface area contributed by atoms with Crippen LogP contribution in [0.2, 0.25) is 0 Å². The van der Waals surface area contributed by atoms with E-state index in [4.69, 9.17) is 9.47 Å². The molecule has 0 saturated carbocycles. The van der Waals surface area contributed by atoms with Crippen molar-refractivity contribution in [3.8, 4) is 5.75 Å². The van der Waals surface area contributed by atoms with Gasteiger partial charge in [-0.05, 0) is 37.1 Å². The fourth-order valence-electron chi connectivity index (χ4n) is 3.19. The number of carbonyl (C=O) groups is 1. The van der Waals surface area contributed by atoms with Crippen LogP contribution in [-0.2, 0) is 11.2 Å². The zero-order valence-electron chi connectivity index (χ0n) is 16.7. The van der Waals surface area contributed by atoms with E-state index in [2.05, 4.69) is 11.9 Å². The number of unbranched alkanes of at least 4 members (excludes halogenated alkanes) is 1. The fourth-order valence-corrected chi connectivity index (χ4v) is 3.19. The van der Waals surface area contributed by atoms with Crippen molar-refractivity contribution in [2.24, 2.45) is 0 Å². The van der Waals surface area contributed by atoms with E-state index in [0.717, 1.165) is 18.4 Å². The van der Waals surface area contributed by atoms with E-state index in [1.807, 2.05) is 0 Å². The summed E-state index contributed by atoms with van der Waals surface area (Å²) in [6.07, 6.45) is 3.56. The zero-order valence-corrected chi connectivity index (χ0v) is 16.7. The predicted octanol–water partition coefficient (Wildman–Crippen LogP) is 5.38. The molecular weight excluding hydrogens is 376 g/mol. The van der Waals surface area contributed by atoms with Crippen LogP contribution in [0.4, 0.5) is 8.78 Å². The number of hydrogen-bond donors (Lipinski definition) is 1.